The smallest absolute Gasteiger partial charge is 0.252 e. The van der Waals surface area contributed by atoms with Crippen LogP contribution < -0.4 is 11.1 Å². The molecule has 0 saturated carbocycles. The summed E-state index contributed by atoms with van der Waals surface area (Å²) in [6.07, 6.45) is 1.08. The second-order valence-corrected chi connectivity index (χ2v) is 4.68. The van der Waals surface area contributed by atoms with Crippen molar-refractivity contribution in [3.63, 3.8) is 0 Å². The molecule has 0 fully saturated rings. The van der Waals surface area contributed by atoms with Gasteiger partial charge in [-0.3, -0.25) is 4.79 Å². The van der Waals surface area contributed by atoms with Gasteiger partial charge in [0.05, 0.1) is 5.56 Å². The van der Waals surface area contributed by atoms with Crippen LogP contribution in [0, 0.1) is 6.92 Å². The summed E-state index contributed by atoms with van der Waals surface area (Å²) in [5.41, 5.74) is 6.95. The molecule has 6 heteroatoms. The standard InChI is InChI=1S/C12H16BrN3O2/c1-8-4-2-5-9(11(8)13)12(17)15-7-3-6-10(14)16-18/h2,4-5,18H,3,6-7H2,1H3,(H2,14,16)(H,15,17). The SMILES string of the molecule is Cc1cccc(C(=O)NCCC/C(N)=N/O)c1Br. The quantitative estimate of drug-likeness (QED) is 0.255. The molecule has 0 radical (unpaired) electrons. The first-order valence-corrected chi connectivity index (χ1v) is 6.35. The number of amidine groups is 1. The van der Waals surface area contributed by atoms with Gasteiger partial charge in [-0.05, 0) is 40.9 Å². The van der Waals surface area contributed by atoms with E-state index < -0.39 is 0 Å². The van der Waals surface area contributed by atoms with Gasteiger partial charge in [0.1, 0.15) is 5.84 Å². The minimum Gasteiger partial charge on any atom is -0.409 e. The third-order valence-electron chi connectivity index (χ3n) is 2.46. The van der Waals surface area contributed by atoms with Gasteiger partial charge in [-0.1, -0.05) is 17.3 Å². The maximum atomic E-state index is 11.9. The summed E-state index contributed by atoms with van der Waals surface area (Å²) >= 11 is 3.39. The molecule has 0 bridgehead atoms. The highest BCUT2D eigenvalue weighted by atomic mass is 79.9. The number of hydrogen-bond acceptors (Lipinski definition) is 3. The van der Waals surface area contributed by atoms with Crippen LogP contribution in [-0.4, -0.2) is 23.5 Å². The van der Waals surface area contributed by atoms with Crippen molar-refractivity contribution in [2.45, 2.75) is 19.8 Å². The molecule has 1 rings (SSSR count). The first kappa shape index (κ1) is 14.5. The lowest BCUT2D eigenvalue weighted by Crippen LogP contribution is -2.26. The molecule has 0 heterocycles. The van der Waals surface area contributed by atoms with Gasteiger partial charge in [0.2, 0.25) is 0 Å². The van der Waals surface area contributed by atoms with Crippen molar-refractivity contribution < 1.29 is 10.0 Å². The highest BCUT2D eigenvalue weighted by molar-refractivity contribution is 9.10. The fraction of sp³-hybridized carbons (Fsp3) is 0.333. The number of amides is 1. The average Bonchev–Trinajstić information content (AvgIpc) is 2.37. The van der Waals surface area contributed by atoms with E-state index in [0.29, 0.717) is 24.9 Å². The number of carbonyl (C=O) groups excluding carboxylic acids is 1. The maximum absolute atomic E-state index is 11.9. The molecule has 98 valence electrons. The highest BCUT2D eigenvalue weighted by Crippen LogP contribution is 2.20. The Morgan fingerprint density at radius 2 is 2.28 bits per heavy atom. The number of benzene rings is 1. The molecular formula is C12H16BrN3O2. The molecule has 0 atom stereocenters. The topological polar surface area (TPSA) is 87.7 Å². The Bertz CT molecular complexity index is 461. The Balaban J connectivity index is 2.49. The summed E-state index contributed by atoms with van der Waals surface area (Å²) in [5.74, 6) is 0.0334. The third-order valence-corrected chi connectivity index (χ3v) is 3.51. The Hall–Kier alpha value is -1.56. The summed E-state index contributed by atoms with van der Waals surface area (Å²) in [5, 5.41) is 14.0. The Morgan fingerprint density at radius 3 is 2.94 bits per heavy atom. The van der Waals surface area contributed by atoms with Crippen molar-refractivity contribution in [3.8, 4) is 0 Å². The molecule has 1 aromatic rings. The van der Waals surface area contributed by atoms with Crippen molar-refractivity contribution in [2.75, 3.05) is 6.54 Å². The fourth-order valence-corrected chi connectivity index (χ4v) is 1.88. The predicted octanol–water partition coefficient (Wildman–Crippen LogP) is 2.01. The lowest BCUT2D eigenvalue weighted by molar-refractivity contribution is 0.0952. The zero-order valence-corrected chi connectivity index (χ0v) is 11.7. The van der Waals surface area contributed by atoms with Crippen molar-refractivity contribution in [1.29, 1.82) is 0 Å². The van der Waals surface area contributed by atoms with Crippen LogP contribution in [0.4, 0.5) is 0 Å². The molecule has 1 aromatic carbocycles. The number of hydrogen-bond donors (Lipinski definition) is 3. The zero-order chi connectivity index (χ0) is 13.5. The van der Waals surface area contributed by atoms with Crippen LogP contribution in [0.1, 0.15) is 28.8 Å². The lowest BCUT2D eigenvalue weighted by atomic mass is 10.1. The summed E-state index contributed by atoms with van der Waals surface area (Å²) in [6.45, 7) is 2.41. The van der Waals surface area contributed by atoms with Gasteiger partial charge in [0.15, 0.2) is 0 Å². The van der Waals surface area contributed by atoms with E-state index >= 15 is 0 Å². The molecule has 0 aliphatic rings. The number of oxime groups is 1. The molecule has 18 heavy (non-hydrogen) atoms. The largest absolute Gasteiger partial charge is 0.409 e. The molecule has 5 nitrogen and oxygen atoms in total. The van der Waals surface area contributed by atoms with Gasteiger partial charge in [-0.15, -0.1) is 0 Å². The van der Waals surface area contributed by atoms with Gasteiger partial charge in [-0.25, -0.2) is 0 Å². The van der Waals surface area contributed by atoms with Gasteiger partial charge >= 0.3 is 0 Å². The number of nitrogens with two attached hydrogens (primary N) is 1. The maximum Gasteiger partial charge on any atom is 0.252 e. The van der Waals surface area contributed by atoms with Crippen LogP contribution >= 0.6 is 15.9 Å². The summed E-state index contributed by atoms with van der Waals surface area (Å²) in [4.78, 5) is 11.9. The van der Waals surface area contributed by atoms with Crippen LogP contribution in [0.25, 0.3) is 0 Å². The molecule has 4 N–H and O–H groups in total. The van der Waals surface area contributed by atoms with Crippen molar-refractivity contribution in [1.82, 2.24) is 5.32 Å². The summed E-state index contributed by atoms with van der Waals surface area (Å²) in [7, 11) is 0. The minimum absolute atomic E-state index is 0.134. The fourth-order valence-electron chi connectivity index (χ4n) is 1.44. The molecule has 1 amide bonds. The number of carbonyl (C=O) groups is 1. The second-order valence-electron chi connectivity index (χ2n) is 3.89. The Morgan fingerprint density at radius 1 is 1.56 bits per heavy atom. The monoisotopic (exact) mass is 313 g/mol. The van der Waals surface area contributed by atoms with E-state index in [4.69, 9.17) is 10.9 Å². The van der Waals surface area contributed by atoms with Crippen LogP contribution in [0.2, 0.25) is 0 Å². The number of aryl methyl sites for hydroxylation is 1. The van der Waals surface area contributed by atoms with E-state index in [1.165, 1.54) is 0 Å². The first-order chi connectivity index (χ1) is 8.56. The second kappa shape index (κ2) is 7.00. The summed E-state index contributed by atoms with van der Waals surface area (Å²) in [6, 6.07) is 5.53. The van der Waals surface area contributed by atoms with E-state index in [2.05, 4.69) is 26.4 Å². The minimum atomic E-state index is -0.134. The Labute approximate surface area is 114 Å². The lowest BCUT2D eigenvalue weighted by Gasteiger charge is -2.08. The number of halogens is 1. The van der Waals surface area contributed by atoms with Crippen molar-refractivity contribution >= 4 is 27.7 Å². The first-order valence-electron chi connectivity index (χ1n) is 5.56. The highest BCUT2D eigenvalue weighted by Gasteiger charge is 2.10. The van der Waals surface area contributed by atoms with Crippen LogP contribution in [0.5, 0.6) is 0 Å². The molecule has 0 aromatic heterocycles. The van der Waals surface area contributed by atoms with Crippen molar-refractivity contribution in [2.24, 2.45) is 10.9 Å². The molecule has 0 saturated heterocycles. The van der Waals surface area contributed by atoms with E-state index in [-0.39, 0.29) is 11.7 Å². The van der Waals surface area contributed by atoms with Gasteiger partial charge < -0.3 is 16.3 Å². The molecule has 0 aliphatic heterocycles. The normalized spacial score (nSPS) is 11.3. The van der Waals surface area contributed by atoms with Crippen LogP contribution in [0.3, 0.4) is 0 Å². The van der Waals surface area contributed by atoms with Gasteiger partial charge in [-0.2, -0.15) is 0 Å². The number of nitrogens with one attached hydrogen (secondary N) is 1. The van der Waals surface area contributed by atoms with Gasteiger partial charge in [0, 0.05) is 17.4 Å². The summed E-state index contributed by atoms with van der Waals surface area (Å²) < 4.78 is 0.805. The molecule has 0 aliphatic carbocycles. The average molecular weight is 314 g/mol. The van der Waals surface area contributed by atoms with E-state index in [0.717, 1.165) is 10.0 Å². The molecular weight excluding hydrogens is 298 g/mol. The molecule has 0 unspecified atom stereocenters. The Kier molecular flexibility index (Phi) is 5.64. The van der Waals surface area contributed by atoms with E-state index in [1.54, 1.807) is 6.07 Å². The third kappa shape index (κ3) is 4.03. The molecule has 0 spiro atoms. The zero-order valence-electron chi connectivity index (χ0n) is 10.1. The van der Waals surface area contributed by atoms with Crippen molar-refractivity contribution in [3.05, 3.63) is 33.8 Å². The van der Waals surface area contributed by atoms with Crippen LogP contribution in [0.15, 0.2) is 27.8 Å². The van der Waals surface area contributed by atoms with E-state index in [9.17, 15) is 4.79 Å². The number of rotatable bonds is 5. The van der Waals surface area contributed by atoms with E-state index in [1.807, 2.05) is 19.1 Å². The van der Waals surface area contributed by atoms with Gasteiger partial charge in [0.25, 0.3) is 5.91 Å². The predicted molar refractivity (Wildman–Crippen MR) is 73.9 cm³/mol. The number of nitrogens with zero attached hydrogens (tertiary/aromatic N) is 1. The van der Waals surface area contributed by atoms with Crippen LogP contribution in [-0.2, 0) is 0 Å².